The highest BCUT2D eigenvalue weighted by molar-refractivity contribution is 5.78. The minimum Gasteiger partial charge on any atom is -0.466 e. The second kappa shape index (κ2) is 4.31. The van der Waals surface area contributed by atoms with E-state index in [2.05, 4.69) is 0 Å². The largest absolute Gasteiger partial charge is 0.466 e. The fourth-order valence-corrected chi connectivity index (χ4v) is 2.99. The number of esters is 2. The zero-order chi connectivity index (χ0) is 12.6. The summed E-state index contributed by atoms with van der Waals surface area (Å²) >= 11 is 0. The van der Waals surface area contributed by atoms with Gasteiger partial charge in [0.1, 0.15) is 6.10 Å². The van der Waals surface area contributed by atoms with Crippen molar-refractivity contribution >= 4 is 11.9 Å². The van der Waals surface area contributed by atoms with Crippen molar-refractivity contribution in [3.8, 4) is 0 Å². The lowest BCUT2D eigenvalue weighted by Crippen LogP contribution is -2.40. The predicted octanol–water partition coefficient (Wildman–Crippen LogP) is 1.92. The van der Waals surface area contributed by atoms with Gasteiger partial charge < -0.3 is 9.47 Å². The lowest BCUT2D eigenvalue weighted by atomic mass is 9.68. The van der Waals surface area contributed by atoms with Crippen molar-refractivity contribution in [2.24, 2.45) is 17.3 Å². The van der Waals surface area contributed by atoms with E-state index in [1.165, 1.54) is 0 Å². The summed E-state index contributed by atoms with van der Waals surface area (Å²) in [6, 6.07) is 0. The SMILES string of the molecule is CCOC(=O)C1(C)CCC2C(C1)OC(=O)C2C. The Balaban J connectivity index is 2.08. The maximum Gasteiger partial charge on any atom is 0.311 e. The smallest absolute Gasteiger partial charge is 0.311 e. The van der Waals surface area contributed by atoms with Crippen LogP contribution in [0.3, 0.4) is 0 Å². The van der Waals surface area contributed by atoms with E-state index in [1.807, 2.05) is 20.8 Å². The molecule has 0 radical (unpaired) electrons. The fourth-order valence-electron chi connectivity index (χ4n) is 2.99. The van der Waals surface area contributed by atoms with Crippen molar-refractivity contribution < 1.29 is 19.1 Å². The van der Waals surface area contributed by atoms with Crippen molar-refractivity contribution in [3.63, 3.8) is 0 Å². The molecule has 2 rings (SSSR count). The first-order valence-electron chi connectivity index (χ1n) is 6.35. The van der Waals surface area contributed by atoms with Gasteiger partial charge in [0.2, 0.25) is 0 Å². The van der Waals surface area contributed by atoms with Crippen LogP contribution in [-0.2, 0) is 19.1 Å². The van der Waals surface area contributed by atoms with Crippen molar-refractivity contribution in [2.75, 3.05) is 6.61 Å². The molecule has 17 heavy (non-hydrogen) atoms. The van der Waals surface area contributed by atoms with E-state index in [4.69, 9.17) is 9.47 Å². The van der Waals surface area contributed by atoms with Crippen LogP contribution >= 0.6 is 0 Å². The van der Waals surface area contributed by atoms with Crippen LogP contribution in [-0.4, -0.2) is 24.6 Å². The molecule has 2 fully saturated rings. The number of carbonyl (C=O) groups is 2. The first-order chi connectivity index (χ1) is 7.98. The first-order valence-corrected chi connectivity index (χ1v) is 6.35. The lowest BCUT2D eigenvalue weighted by Gasteiger charge is -2.37. The first kappa shape index (κ1) is 12.4. The van der Waals surface area contributed by atoms with Gasteiger partial charge in [-0.25, -0.2) is 0 Å². The highest BCUT2D eigenvalue weighted by Crippen LogP contribution is 2.46. The van der Waals surface area contributed by atoms with Gasteiger partial charge >= 0.3 is 11.9 Å². The Bertz CT molecular complexity index is 338. The highest BCUT2D eigenvalue weighted by Gasteiger charge is 2.51. The van der Waals surface area contributed by atoms with E-state index in [0.717, 1.165) is 12.8 Å². The third kappa shape index (κ3) is 2.05. The molecule has 4 heteroatoms. The Morgan fingerprint density at radius 3 is 2.94 bits per heavy atom. The third-order valence-electron chi connectivity index (χ3n) is 4.21. The standard InChI is InChI=1S/C13H20O4/c1-4-16-12(15)13(3)6-5-9-8(2)11(14)17-10(9)7-13/h8-10H,4-7H2,1-3H3. The summed E-state index contributed by atoms with van der Waals surface area (Å²) in [4.78, 5) is 23.4. The molecule has 0 aromatic rings. The molecule has 0 N–H and O–H groups in total. The van der Waals surface area contributed by atoms with E-state index >= 15 is 0 Å². The molecule has 4 atom stereocenters. The molecule has 1 saturated carbocycles. The number of rotatable bonds is 2. The molecule has 1 aliphatic carbocycles. The Kier molecular flexibility index (Phi) is 3.15. The number of carbonyl (C=O) groups excluding carboxylic acids is 2. The molecule has 0 bridgehead atoms. The summed E-state index contributed by atoms with van der Waals surface area (Å²) in [5, 5.41) is 0. The van der Waals surface area contributed by atoms with Gasteiger partial charge in [-0.05, 0) is 26.7 Å². The van der Waals surface area contributed by atoms with Crippen molar-refractivity contribution in [2.45, 2.75) is 46.1 Å². The van der Waals surface area contributed by atoms with Crippen molar-refractivity contribution in [1.82, 2.24) is 0 Å². The van der Waals surface area contributed by atoms with Crippen LogP contribution < -0.4 is 0 Å². The average Bonchev–Trinajstić information content (AvgIpc) is 2.54. The molecule has 1 saturated heterocycles. The molecule has 2 aliphatic rings. The van der Waals surface area contributed by atoms with Crippen LogP contribution in [0.1, 0.15) is 40.0 Å². The number of fused-ring (bicyclic) bond motifs is 1. The van der Waals surface area contributed by atoms with Gasteiger partial charge in [-0.2, -0.15) is 0 Å². The van der Waals surface area contributed by atoms with Gasteiger partial charge in [0.15, 0.2) is 0 Å². The Labute approximate surface area is 102 Å². The summed E-state index contributed by atoms with van der Waals surface area (Å²) in [6.45, 7) is 6.04. The number of hydrogen-bond acceptors (Lipinski definition) is 4. The van der Waals surface area contributed by atoms with Gasteiger partial charge in [0.05, 0.1) is 17.9 Å². The number of ether oxygens (including phenoxy) is 2. The average molecular weight is 240 g/mol. The maximum atomic E-state index is 11.9. The van der Waals surface area contributed by atoms with Crippen LogP contribution in [0, 0.1) is 17.3 Å². The molecule has 0 spiro atoms. The van der Waals surface area contributed by atoms with Crippen LogP contribution in [0.5, 0.6) is 0 Å². The molecule has 0 amide bonds. The van der Waals surface area contributed by atoms with Crippen LogP contribution in [0.4, 0.5) is 0 Å². The summed E-state index contributed by atoms with van der Waals surface area (Å²) in [5.74, 6) is -0.0149. The number of hydrogen-bond donors (Lipinski definition) is 0. The summed E-state index contributed by atoms with van der Waals surface area (Å²) in [5.41, 5.74) is -0.485. The minimum atomic E-state index is -0.485. The van der Waals surface area contributed by atoms with Gasteiger partial charge in [-0.1, -0.05) is 6.92 Å². The second-order valence-corrected chi connectivity index (χ2v) is 5.45. The van der Waals surface area contributed by atoms with E-state index in [-0.39, 0.29) is 29.9 Å². The molecule has 96 valence electrons. The maximum absolute atomic E-state index is 11.9. The molecule has 4 nitrogen and oxygen atoms in total. The van der Waals surface area contributed by atoms with Gasteiger partial charge in [-0.15, -0.1) is 0 Å². The molecule has 0 aromatic carbocycles. The third-order valence-corrected chi connectivity index (χ3v) is 4.21. The fraction of sp³-hybridized carbons (Fsp3) is 0.846. The van der Waals surface area contributed by atoms with Crippen molar-refractivity contribution in [3.05, 3.63) is 0 Å². The monoisotopic (exact) mass is 240 g/mol. The molecule has 1 aliphatic heterocycles. The molecule has 4 unspecified atom stereocenters. The van der Waals surface area contributed by atoms with Gasteiger partial charge in [-0.3, -0.25) is 9.59 Å². The van der Waals surface area contributed by atoms with Gasteiger partial charge in [0, 0.05) is 12.3 Å². The predicted molar refractivity (Wildman–Crippen MR) is 61.1 cm³/mol. The molecular formula is C13H20O4. The van der Waals surface area contributed by atoms with E-state index < -0.39 is 5.41 Å². The zero-order valence-electron chi connectivity index (χ0n) is 10.7. The second-order valence-electron chi connectivity index (χ2n) is 5.45. The Morgan fingerprint density at radius 2 is 2.29 bits per heavy atom. The quantitative estimate of drug-likeness (QED) is 0.692. The Morgan fingerprint density at radius 1 is 1.59 bits per heavy atom. The summed E-state index contributed by atoms with van der Waals surface area (Å²) in [7, 11) is 0. The Hall–Kier alpha value is -1.06. The van der Waals surface area contributed by atoms with Crippen molar-refractivity contribution in [1.29, 1.82) is 0 Å². The van der Waals surface area contributed by atoms with E-state index in [1.54, 1.807) is 0 Å². The van der Waals surface area contributed by atoms with E-state index in [0.29, 0.717) is 13.0 Å². The summed E-state index contributed by atoms with van der Waals surface area (Å²) in [6.07, 6.45) is 2.16. The van der Waals surface area contributed by atoms with Crippen LogP contribution in [0.2, 0.25) is 0 Å². The minimum absolute atomic E-state index is 0.0215. The normalized spacial score (nSPS) is 40.6. The van der Waals surface area contributed by atoms with E-state index in [9.17, 15) is 9.59 Å². The molecular weight excluding hydrogens is 220 g/mol. The lowest BCUT2D eigenvalue weighted by molar-refractivity contribution is -0.161. The van der Waals surface area contributed by atoms with Crippen LogP contribution in [0.25, 0.3) is 0 Å². The van der Waals surface area contributed by atoms with Gasteiger partial charge in [0.25, 0.3) is 0 Å². The topological polar surface area (TPSA) is 52.6 Å². The van der Waals surface area contributed by atoms with Crippen LogP contribution in [0.15, 0.2) is 0 Å². The highest BCUT2D eigenvalue weighted by atomic mass is 16.6. The zero-order valence-corrected chi connectivity index (χ0v) is 10.7. The summed E-state index contributed by atoms with van der Waals surface area (Å²) < 4.78 is 10.5. The molecule has 0 aromatic heterocycles. The molecule has 1 heterocycles.